The summed E-state index contributed by atoms with van der Waals surface area (Å²) >= 11 is 0. The van der Waals surface area contributed by atoms with E-state index in [-0.39, 0.29) is 17.6 Å². The fourth-order valence-electron chi connectivity index (χ4n) is 1.79. The van der Waals surface area contributed by atoms with Gasteiger partial charge in [0, 0.05) is 12.8 Å². The van der Waals surface area contributed by atoms with Crippen molar-refractivity contribution in [3.8, 4) is 11.5 Å². The highest BCUT2D eigenvalue weighted by molar-refractivity contribution is 5.81. The van der Waals surface area contributed by atoms with Crippen LogP contribution in [0.4, 0.5) is 13.2 Å². The first kappa shape index (κ1) is 12.7. The largest absolute Gasteiger partial charge is 0.573 e. The molecule has 0 heterocycles. The molecule has 1 aromatic rings. The van der Waals surface area contributed by atoms with Crippen molar-refractivity contribution in [2.45, 2.75) is 31.7 Å². The fourth-order valence-corrected chi connectivity index (χ4v) is 1.79. The molecule has 0 aromatic heterocycles. The minimum atomic E-state index is -4.69. The van der Waals surface area contributed by atoms with Crippen molar-refractivity contribution >= 4 is 5.78 Å². The van der Waals surface area contributed by atoms with Gasteiger partial charge in [-0.15, -0.1) is 13.2 Å². The number of rotatable bonds is 3. The molecule has 1 atom stereocenters. The van der Waals surface area contributed by atoms with Gasteiger partial charge in [0.1, 0.15) is 23.4 Å². The molecule has 0 spiro atoms. The third kappa shape index (κ3) is 3.65. The number of alkyl halides is 3. The molecule has 1 fully saturated rings. The molecule has 1 aliphatic carbocycles. The van der Waals surface area contributed by atoms with Crippen LogP contribution < -0.4 is 9.47 Å². The van der Waals surface area contributed by atoms with Crippen molar-refractivity contribution in [1.82, 2.24) is 0 Å². The Bertz CT molecular complexity index is 425. The van der Waals surface area contributed by atoms with Crippen LogP contribution in [0.15, 0.2) is 24.3 Å². The lowest BCUT2D eigenvalue weighted by atomic mass is 10.3. The van der Waals surface area contributed by atoms with Crippen molar-refractivity contribution in [2.24, 2.45) is 0 Å². The van der Waals surface area contributed by atoms with Crippen LogP contribution in [0.3, 0.4) is 0 Å². The lowest BCUT2D eigenvalue weighted by molar-refractivity contribution is -0.274. The quantitative estimate of drug-likeness (QED) is 0.837. The van der Waals surface area contributed by atoms with Gasteiger partial charge in [0.25, 0.3) is 0 Å². The highest BCUT2D eigenvalue weighted by Gasteiger charge is 2.31. The summed E-state index contributed by atoms with van der Waals surface area (Å²) in [5.41, 5.74) is 0. The number of carbonyl (C=O) groups is 1. The molecule has 1 saturated carbocycles. The van der Waals surface area contributed by atoms with E-state index in [4.69, 9.17) is 4.74 Å². The van der Waals surface area contributed by atoms with E-state index < -0.39 is 6.36 Å². The minimum absolute atomic E-state index is 0.150. The average Bonchev–Trinajstić information content (AvgIpc) is 2.65. The molecule has 0 amide bonds. The molecular weight excluding hydrogens is 249 g/mol. The Morgan fingerprint density at radius 3 is 2.22 bits per heavy atom. The Kier molecular flexibility index (Phi) is 3.45. The molecule has 0 aliphatic heterocycles. The van der Waals surface area contributed by atoms with E-state index >= 15 is 0 Å². The first-order chi connectivity index (χ1) is 8.42. The van der Waals surface area contributed by atoms with Gasteiger partial charge in [-0.3, -0.25) is 4.79 Å². The van der Waals surface area contributed by atoms with E-state index in [0.29, 0.717) is 25.0 Å². The second kappa shape index (κ2) is 4.88. The average molecular weight is 260 g/mol. The molecule has 2 rings (SSSR count). The van der Waals surface area contributed by atoms with Gasteiger partial charge in [-0.25, -0.2) is 0 Å². The van der Waals surface area contributed by atoms with Gasteiger partial charge >= 0.3 is 6.36 Å². The maximum absolute atomic E-state index is 11.9. The van der Waals surface area contributed by atoms with Crippen LogP contribution in [-0.4, -0.2) is 18.2 Å². The van der Waals surface area contributed by atoms with Crippen LogP contribution in [0.25, 0.3) is 0 Å². The third-order valence-corrected chi connectivity index (χ3v) is 2.56. The van der Waals surface area contributed by atoms with Gasteiger partial charge in [-0.05, 0) is 30.7 Å². The van der Waals surface area contributed by atoms with E-state index in [1.807, 2.05) is 0 Å². The van der Waals surface area contributed by atoms with Gasteiger partial charge in [0.15, 0.2) is 0 Å². The van der Waals surface area contributed by atoms with Gasteiger partial charge in [0.05, 0.1) is 0 Å². The Balaban J connectivity index is 1.93. The maximum atomic E-state index is 11.9. The van der Waals surface area contributed by atoms with Crippen molar-refractivity contribution in [3.63, 3.8) is 0 Å². The molecule has 0 bridgehead atoms. The van der Waals surface area contributed by atoms with Crippen LogP contribution >= 0.6 is 0 Å². The Labute approximate surface area is 102 Å². The number of hydrogen-bond donors (Lipinski definition) is 0. The van der Waals surface area contributed by atoms with E-state index in [1.165, 1.54) is 24.3 Å². The summed E-state index contributed by atoms with van der Waals surface area (Å²) in [5.74, 6) is 0.290. The lowest BCUT2D eigenvalue weighted by Crippen LogP contribution is -2.17. The summed E-state index contributed by atoms with van der Waals surface area (Å²) in [6.07, 6.45) is -3.35. The zero-order valence-electron chi connectivity index (χ0n) is 9.37. The topological polar surface area (TPSA) is 35.5 Å². The molecule has 3 nitrogen and oxygen atoms in total. The second-order valence-electron chi connectivity index (χ2n) is 4.04. The smallest absolute Gasteiger partial charge is 0.490 e. The van der Waals surface area contributed by atoms with Crippen LogP contribution in [0.2, 0.25) is 0 Å². The highest BCUT2D eigenvalue weighted by atomic mass is 19.4. The Morgan fingerprint density at radius 1 is 1.11 bits per heavy atom. The number of hydrogen-bond acceptors (Lipinski definition) is 3. The van der Waals surface area contributed by atoms with Crippen LogP contribution in [0.5, 0.6) is 11.5 Å². The normalized spacial score (nSPS) is 19.9. The zero-order chi connectivity index (χ0) is 13.2. The first-order valence-electron chi connectivity index (χ1n) is 5.46. The summed E-state index contributed by atoms with van der Waals surface area (Å²) in [6.45, 7) is 0. The van der Waals surface area contributed by atoms with E-state index in [0.717, 1.165) is 0 Å². The summed E-state index contributed by atoms with van der Waals surface area (Å²) < 4.78 is 45.0. The number of carbonyl (C=O) groups excluding carboxylic acids is 1. The lowest BCUT2D eigenvalue weighted by Gasteiger charge is -2.13. The molecule has 1 aromatic carbocycles. The molecule has 18 heavy (non-hydrogen) atoms. The fraction of sp³-hybridized carbons (Fsp3) is 0.417. The van der Waals surface area contributed by atoms with E-state index in [9.17, 15) is 18.0 Å². The predicted octanol–water partition coefficient (Wildman–Crippen LogP) is 3.09. The van der Waals surface area contributed by atoms with Gasteiger partial charge < -0.3 is 9.47 Å². The second-order valence-corrected chi connectivity index (χ2v) is 4.04. The molecule has 98 valence electrons. The van der Waals surface area contributed by atoms with Crippen LogP contribution in [-0.2, 0) is 4.79 Å². The SMILES string of the molecule is O=C1CCC(Oc2ccc(OC(F)(F)F)cc2)C1. The van der Waals surface area contributed by atoms with Crippen molar-refractivity contribution < 1.29 is 27.4 Å². The molecule has 0 radical (unpaired) electrons. The van der Waals surface area contributed by atoms with E-state index in [1.54, 1.807) is 0 Å². The first-order valence-corrected chi connectivity index (χ1v) is 5.46. The number of halogens is 3. The minimum Gasteiger partial charge on any atom is -0.490 e. The summed E-state index contributed by atoms with van der Waals surface area (Å²) in [6, 6.07) is 5.15. The number of benzene rings is 1. The van der Waals surface area contributed by atoms with Gasteiger partial charge in [0.2, 0.25) is 0 Å². The van der Waals surface area contributed by atoms with Crippen molar-refractivity contribution in [1.29, 1.82) is 0 Å². The van der Waals surface area contributed by atoms with Gasteiger partial charge in [-0.2, -0.15) is 0 Å². The van der Waals surface area contributed by atoms with Crippen LogP contribution in [0.1, 0.15) is 19.3 Å². The predicted molar refractivity (Wildman–Crippen MR) is 56.4 cm³/mol. The summed E-state index contributed by atoms with van der Waals surface area (Å²) in [5, 5.41) is 0. The Morgan fingerprint density at radius 2 is 1.72 bits per heavy atom. The van der Waals surface area contributed by atoms with Crippen molar-refractivity contribution in [3.05, 3.63) is 24.3 Å². The van der Waals surface area contributed by atoms with Crippen molar-refractivity contribution in [2.75, 3.05) is 0 Å². The number of ether oxygens (including phenoxy) is 2. The number of ketones is 1. The summed E-state index contributed by atoms with van der Waals surface area (Å²) in [4.78, 5) is 11.0. The number of Topliss-reactive ketones (excluding diaryl/α,β-unsaturated/α-hetero) is 1. The standard InChI is InChI=1S/C12H11F3O3/c13-12(14,15)18-10-5-3-9(4-6-10)17-11-2-1-8(16)7-11/h3-6,11H,1-2,7H2. The molecule has 6 heteroatoms. The zero-order valence-corrected chi connectivity index (χ0v) is 9.37. The van der Waals surface area contributed by atoms with Crippen LogP contribution in [0, 0.1) is 0 Å². The highest BCUT2D eigenvalue weighted by Crippen LogP contribution is 2.27. The monoisotopic (exact) mass is 260 g/mol. The van der Waals surface area contributed by atoms with Gasteiger partial charge in [-0.1, -0.05) is 0 Å². The van der Waals surface area contributed by atoms with E-state index in [2.05, 4.69) is 4.74 Å². The molecule has 1 aliphatic rings. The summed E-state index contributed by atoms with van der Waals surface area (Å²) in [7, 11) is 0. The molecule has 1 unspecified atom stereocenters. The maximum Gasteiger partial charge on any atom is 0.573 e. The third-order valence-electron chi connectivity index (χ3n) is 2.56. The molecule has 0 saturated heterocycles. The Hall–Kier alpha value is -1.72. The molecule has 0 N–H and O–H groups in total. The molecular formula is C12H11F3O3.